The van der Waals surface area contributed by atoms with E-state index in [2.05, 4.69) is 41.5 Å². The van der Waals surface area contributed by atoms with Gasteiger partial charge in [-0.15, -0.1) is 0 Å². The highest BCUT2D eigenvalue weighted by Crippen LogP contribution is 2.19. The van der Waals surface area contributed by atoms with Gasteiger partial charge in [0.25, 0.3) is 0 Å². The number of likely N-dealkylation sites (tertiary alicyclic amines) is 1. The summed E-state index contributed by atoms with van der Waals surface area (Å²) in [7, 11) is 0. The minimum absolute atomic E-state index is 0.417. The summed E-state index contributed by atoms with van der Waals surface area (Å²) in [5.41, 5.74) is 2.44. The minimum atomic E-state index is 0.417. The van der Waals surface area contributed by atoms with Crippen molar-refractivity contribution in [2.75, 3.05) is 36.9 Å². The van der Waals surface area contributed by atoms with Crippen LogP contribution in [0.25, 0.3) is 0 Å². The van der Waals surface area contributed by atoms with Crippen molar-refractivity contribution in [3.63, 3.8) is 0 Å². The Hall–Kier alpha value is -0.920. The molecule has 0 aliphatic carbocycles. The fraction of sp³-hybridized carbons (Fsp3) is 0.636. The van der Waals surface area contributed by atoms with E-state index in [0.29, 0.717) is 5.95 Å². The largest absolute Gasteiger partial charge is 0.369 e. The van der Waals surface area contributed by atoms with Gasteiger partial charge in [-0.05, 0) is 54.8 Å². The summed E-state index contributed by atoms with van der Waals surface area (Å²) in [4.78, 5) is 10.8. The van der Waals surface area contributed by atoms with Crippen LogP contribution in [0.3, 0.4) is 0 Å². The van der Waals surface area contributed by atoms with Gasteiger partial charge in [0.1, 0.15) is 5.82 Å². The van der Waals surface area contributed by atoms with E-state index in [9.17, 15) is 0 Å². The number of nitrogens with zero attached hydrogens (tertiary/aromatic N) is 3. The van der Waals surface area contributed by atoms with Crippen LogP contribution in [-0.2, 0) is 0 Å². The van der Waals surface area contributed by atoms with Crippen LogP contribution in [0.5, 0.6) is 0 Å². The first kappa shape index (κ1) is 13.5. The van der Waals surface area contributed by atoms with Crippen LogP contribution in [0.2, 0.25) is 0 Å². The number of rotatable bonds is 6. The quantitative estimate of drug-likeness (QED) is 0.419. The van der Waals surface area contributed by atoms with Gasteiger partial charge in [-0.3, -0.25) is 5.43 Å². The van der Waals surface area contributed by atoms with E-state index in [1.165, 1.54) is 25.9 Å². The van der Waals surface area contributed by atoms with E-state index in [0.717, 1.165) is 29.8 Å². The second-order valence-electron chi connectivity index (χ2n) is 4.36. The molecule has 18 heavy (non-hydrogen) atoms. The van der Waals surface area contributed by atoms with Crippen LogP contribution < -0.4 is 16.6 Å². The predicted octanol–water partition coefficient (Wildman–Crippen LogP) is 1.42. The van der Waals surface area contributed by atoms with E-state index < -0.39 is 0 Å². The third-order valence-corrected chi connectivity index (χ3v) is 3.60. The standard InChI is InChI=1S/C11H19BrN6/c12-9-8-15-11(17-13)16-10(9)14-4-3-7-18-5-1-2-6-18/h8H,1-7,13H2,(H2,14,15,16,17). The van der Waals surface area contributed by atoms with Gasteiger partial charge in [-0.1, -0.05) is 0 Å². The molecular weight excluding hydrogens is 296 g/mol. The molecule has 1 aliphatic heterocycles. The maximum atomic E-state index is 5.28. The highest BCUT2D eigenvalue weighted by Gasteiger charge is 2.10. The molecule has 0 amide bonds. The Morgan fingerprint density at radius 1 is 1.39 bits per heavy atom. The second-order valence-corrected chi connectivity index (χ2v) is 5.22. The summed E-state index contributed by atoms with van der Waals surface area (Å²) >= 11 is 3.41. The number of hydrazine groups is 1. The topological polar surface area (TPSA) is 79.1 Å². The SMILES string of the molecule is NNc1ncc(Br)c(NCCCN2CCCC2)n1. The highest BCUT2D eigenvalue weighted by molar-refractivity contribution is 9.10. The number of halogens is 1. The van der Waals surface area contributed by atoms with Crippen LogP contribution in [0, 0.1) is 0 Å². The van der Waals surface area contributed by atoms with Crippen molar-refractivity contribution in [1.82, 2.24) is 14.9 Å². The van der Waals surface area contributed by atoms with Gasteiger partial charge >= 0.3 is 0 Å². The first-order chi connectivity index (χ1) is 8.79. The minimum Gasteiger partial charge on any atom is -0.369 e. The van der Waals surface area contributed by atoms with Crippen molar-refractivity contribution in [1.29, 1.82) is 0 Å². The van der Waals surface area contributed by atoms with Crippen LogP contribution >= 0.6 is 15.9 Å². The lowest BCUT2D eigenvalue weighted by molar-refractivity contribution is 0.337. The molecular formula is C11H19BrN6. The smallest absolute Gasteiger partial charge is 0.239 e. The molecule has 1 aromatic heterocycles. The summed E-state index contributed by atoms with van der Waals surface area (Å²) in [5, 5.41) is 3.29. The fourth-order valence-corrected chi connectivity index (χ4v) is 2.41. The van der Waals surface area contributed by atoms with Gasteiger partial charge in [0.2, 0.25) is 5.95 Å². The zero-order valence-corrected chi connectivity index (χ0v) is 11.9. The molecule has 0 aromatic carbocycles. The Bertz CT molecular complexity index is 380. The lowest BCUT2D eigenvalue weighted by Gasteiger charge is -2.14. The van der Waals surface area contributed by atoms with Gasteiger partial charge < -0.3 is 10.2 Å². The third kappa shape index (κ3) is 3.79. The number of nitrogen functional groups attached to an aromatic ring is 1. The zero-order valence-electron chi connectivity index (χ0n) is 10.3. The number of aromatic nitrogens is 2. The summed E-state index contributed by atoms with van der Waals surface area (Å²) in [5.74, 6) is 6.48. The Labute approximate surface area is 115 Å². The monoisotopic (exact) mass is 314 g/mol. The Morgan fingerprint density at radius 2 is 2.17 bits per heavy atom. The molecule has 4 N–H and O–H groups in total. The molecule has 0 spiro atoms. The number of anilines is 2. The number of hydrogen-bond donors (Lipinski definition) is 3. The van der Waals surface area contributed by atoms with Gasteiger partial charge in [0, 0.05) is 12.7 Å². The van der Waals surface area contributed by atoms with E-state index in [4.69, 9.17) is 5.84 Å². The van der Waals surface area contributed by atoms with Gasteiger partial charge in [-0.25, -0.2) is 10.8 Å². The number of nitrogens with two attached hydrogens (primary N) is 1. The highest BCUT2D eigenvalue weighted by atomic mass is 79.9. The number of nitrogens with one attached hydrogen (secondary N) is 2. The molecule has 0 saturated carbocycles. The van der Waals surface area contributed by atoms with Crippen LogP contribution in [0.4, 0.5) is 11.8 Å². The van der Waals surface area contributed by atoms with Crippen molar-refractivity contribution in [2.24, 2.45) is 5.84 Å². The maximum absolute atomic E-state index is 5.28. The lowest BCUT2D eigenvalue weighted by Crippen LogP contribution is -2.22. The van der Waals surface area contributed by atoms with Crippen molar-refractivity contribution < 1.29 is 0 Å². The molecule has 0 unspecified atom stereocenters. The average Bonchev–Trinajstić information content (AvgIpc) is 2.89. The maximum Gasteiger partial charge on any atom is 0.239 e. The Balaban J connectivity index is 1.75. The fourth-order valence-electron chi connectivity index (χ4n) is 2.08. The van der Waals surface area contributed by atoms with E-state index >= 15 is 0 Å². The van der Waals surface area contributed by atoms with E-state index in [1.807, 2.05) is 0 Å². The molecule has 0 bridgehead atoms. The molecule has 100 valence electrons. The van der Waals surface area contributed by atoms with E-state index in [-0.39, 0.29) is 0 Å². The first-order valence-corrected chi connectivity index (χ1v) is 7.04. The lowest BCUT2D eigenvalue weighted by atomic mass is 10.4. The molecule has 2 heterocycles. The normalized spacial score (nSPS) is 15.9. The Kier molecular flexibility index (Phi) is 5.15. The molecule has 6 nitrogen and oxygen atoms in total. The zero-order chi connectivity index (χ0) is 12.8. The summed E-state index contributed by atoms with van der Waals surface area (Å²) < 4.78 is 0.850. The van der Waals surface area contributed by atoms with Gasteiger partial charge in [-0.2, -0.15) is 4.98 Å². The van der Waals surface area contributed by atoms with Crippen molar-refractivity contribution in [2.45, 2.75) is 19.3 Å². The van der Waals surface area contributed by atoms with Gasteiger partial charge in [0.15, 0.2) is 0 Å². The molecule has 1 saturated heterocycles. The molecule has 1 aromatic rings. The third-order valence-electron chi connectivity index (χ3n) is 3.02. The molecule has 1 aliphatic rings. The van der Waals surface area contributed by atoms with Crippen molar-refractivity contribution in [3.05, 3.63) is 10.7 Å². The molecule has 1 fully saturated rings. The molecule has 0 radical (unpaired) electrons. The summed E-state index contributed by atoms with van der Waals surface area (Å²) in [6.07, 6.45) is 5.49. The summed E-state index contributed by atoms with van der Waals surface area (Å²) in [6, 6.07) is 0. The molecule has 2 rings (SSSR count). The molecule has 0 atom stereocenters. The van der Waals surface area contributed by atoms with Crippen LogP contribution in [0.1, 0.15) is 19.3 Å². The van der Waals surface area contributed by atoms with Crippen molar-refractivity contribution >= 4 is 27.7 Å². The Morgan fingerprint density at radius 3 is 2.89 bits per heavy atom. The van der Waals surface area contributed by atoms with Gasteiger partial charge in [0.05, 0.1) is 4.47 Å². The van der Waals surface area contributed by atoms with E-state index in [1.54, 1.807) is 6.20 Å². The number of hydrogen-bond acceptors (Lipinski definition) is 6. The van der Waals surface area contributed by atoms with Crippen molar-refractivity contribution in [3.8, 4) is 0 Å². The second kappa shape index (κ2) is 6.86. The van der Waals surface area contributed by atoms with Crippen LogP contribution in [-0.4, -0.2) is 41.0 Å². The molecule has 7 heteroatoms. The summed E-state index contributed by atoms with van der Waals surface area (Å²) in [6.45, 7) is 4.55. The van der Waals surface area contributed by atoms with Crippen LogP contribution in [0.15, 0.2) is 10.7 Å². The first-order valence-electron chi connectivity index (χ1n) is 6.25. The predicted molar refractivity (Wildman–Crippen MR) is 76.3 cm³/mol. The average molecular weight is 315 g/mol.